The third kappa shape index (κ3) is 5.64. The van der Waals surface area contributed by atoms with Crippen LogP contribution in [0.3, 0.4) is 0 Å². The van der Waals surface area contributed by atoms with Crippen molar-refractivity contribution in [1.29, 1.82) is 0 Å². The number of methoxy groups -OCH3 is 1. The molecule has 15 heavy (non-hydrogen) atoms. The molecule has 0 bridgehead atoms. The van der Waals surface area contributed by atoms with Crippen LogP contribution in [0.1, 0.15) is 38.5 Å². The molecule has 6 heteroatoms. The maximum atomic E-state index is 11.4. The van der Waals surface area contributed by atoms with Crippen LogP contribution in [-0.4, -0.2) is 24.9 Å². The molecule has 0 aliphatic carbocycles. The largest absolute Gasteiger partial charge is 0.474 e. The number of ether oxygens (including phenoxy) is 1. The van der Waals surface area contributed by atoms with Gasteiger partial charge in [0, 0.05) is 7.11 Å². The van der Waals surface area contributed by atoms with E-state index in [0.717, 1.165) is 32.1 Å². The van der Waals surface area contributed by atoms with E-state index in [1.807, 2.05) is 0 Å². The molecule has 2 atom stereocenters. The van der Waals surface area contributed by atoms with Gasteiger partial charge >= 0.3 is 7.82 Å². The van der Waals surface area contributed by atoms with Crippen LogP contribution >= 0.6 is 7.82 Å². The van der Waals surface area contributed by atoms with E-state index >= 15 is 0 Å². The lowest BCUT2D eigenvalue weighted by Gasteiger charge is -2.18. The highest BCUT2D eigenvalue weighted by atomic mass is 31.2. The van der Waals surface area contributed by atoms with Crippen molar-refractivity contribution < 1.29 is 23.2 Å². The van der Waals surface area contributed by atoms with Gasteiger partial charge in [0.1, 0.15) is 0 Å². The van der Waals surface area contributed by atoms with Gasteiger partial charge in [-0.05, 0) is 19.3 Å². The summed E-state index contributed by atoms with van der Waals surface area (Å²) in [6.45, 7) is 0.268. The Kier molecular flexibility index (Phi) is 5.79. The summed E-state index contributed by atoms with van der Waals surface area (Å²) < 4.78 is 26.0. The highest BCUT2D eigenvalue weighted by Gasteiger charge is 2.26. The van der Waals surface area contributed by atoms with Gasteiger partial charge in [0.05, 0.1) is 6.61 Å². The van der Waals surface area contributed by atoms with E-state index in [1.165, 1.54) is 7.11 Å². The molecule has 5 nitrogen and oxygen atoms in total. The normalized spacial score (nSPS) is 35.7. The fourth-order valence-corrected chi connectivity index (χ4v) is 2.43. The number of phosphoric acid groups is 1. The second-order valence-electron chi connectivity index (χ2n) is 3.63. The summed E-state index contributed by atoms with van der Waals surface area (Å²) >= 11 is 0. The van der Waals surface area contributed by atoms with E-state index < -0.39 is 14.1 Å². The Labute approximate surface area is 90.3 Å². The first-order valence-electron chi connectivity index (χ1n) is 5.32. The Bertz CT molecular complexity index is 221. The molecule has 0 aromatic carbocycles. The summed E-state index contributed by atoms with van der Waals surface area (Å²) in [5.41, 5.74) is 0. The monoisotopic (exact) mass is 238 g/mol. The van der Waals surface area contributed by atoms with Gasteiger partial charge in [-0.25, -0.2) is 4.57 Å². The zero-order valence-corrected chi connectivity index (χ0v) is 9.95. The zero-order valence-electron chi connectivity index (χ0n) is 9.05. The smallest absolute Gasteiger partial charge is 0.355 e. The second kappa shape index (κ2) is 6.61. The number of phosphoric ester groups is 1. The maximum Gasteiger partial charge on any atom is 0.474 e. The average Bonchev–Trinajstić information content (AvgIpc) is 2.22. The first-order chi connectivity index (χ1) is 7.14. The van der Waals surface area contributed by atoms with E-state index in [9.17, 15) is 9.46 Å². The Hall–Kier alpha value is 0.0700. The van der Waals surface area contributed by atoms with Crippen molar-refractivity contribution in [3.05, 3.63) is 0 Å². The lowest BCUT2D eigenvalue weighted by Crippen LogP contribution is -2.14. The molecule has 0 saturated carbocycles. The Morgan fingerprint density at radius 2 is 1.93 bits per heavy atom. The minimum atomic E-state index is -3.92. The number of hydrogen-bond acceptors (Lipinski definition) is 4. The number of rotatable bonds is 1. The van der Waals surface area contributed by atoms with Gasteiger partial charge in [-0.3, -0.25) is 9.05 Å². The molecule has 90 valence electrons. The molecule has 1 heterocycles. The molecule has 1 aliphatic rings. The molecule has 0 spiro atoms. The van der Waals surface area contributed by atoms with Crippen LogP contribution in [0, 0.1) is 0 Å². The van der Waals surface area contributed by atoms with Gasteiger partial charge in [-0.2, -0.15) is 0 Å². The minimum absolute atomic E-state index is 0.268. The summed E-state index contributed by atoms with van der Waals surface area (Å²) in [6, 6.07) is 0. The van der Waals surface area contributed by atoms with Crippen LogP contribution < -0.4 is 0 Å². The molecule has 1 fully saturated rings. The van der Waals surface area contributed by atoms with Crippen LogP contribution in [0.5, 0.6) is 0 Å². The Balaban J connectivity index is 2.50. The highest BCUT2D eigenvalue weighted by molar-refractivity contribution is 7.47. The molecule has 1 rings (SSSR count). The topological polar surface area (TPSA) is 65.0 Å². The SMILES string of the molecule is COC1CCCCCCCOP(=O)(O)O1. The Morgan fingerprint density at radius 1 is 1.27 bits per heavy atom. The quantitative estimate of drug-likeness (QED) is 0.711. The second-order valence-corrected chi connectivity index (χ2v) is 5.04. The third-order valence-electron chi connectivity index (χ3n) is 2.35. The lowest BCUT2D eigenvalue weighted by atomic mass is 10.1. The molecule has 0 radical (unpaired) electrons. The van der Waals surface area contributed by atoms with E-state index in [0.29, 0.717) is 6.42 Å². The van der Waals surface area contributed by atoms with Crippen molar-refractivity contribution in [1.82, 2.24) is 0 Å². The van der Waals surface area contributed by atoms with Gasteiger partial charge < -0.3 is 9.63 Å². The van der Waals surface area contributed by atoms with Crippen molar-refractivity contribution in [3.8, 4) is 0 Å². The molecular weight excluding hydrogens is 219 g/mol. The summed E-state index contributed by atoms with van der Waals surface area (Å²) in [5, 5.41) is 0. The number of hydrogen-bond donors (Lipinski definition) is 1. The lowest BCUT2D eigenvalue weighted by molar-refractivity contribution is -0.0770. The molecule has 0 aromatic rings. The summed E-state index contributed by atoms with van der Waals surface area (Å²) in [5.74, 6) is 0. The van der Waals surface area contributed by atoms with Crippen LogP contribution in [0.2, 0.25) is 0 Å². The van der Waals surface area contributed by atoms with Crippen molar-refractivity contribution in [2.75, 3.05) is 13.7 Å². The maximum absolute atomic E-state index is 11.4. The summed E-state index contributed by atoms with van der Waals surface area (Å²) in [7, 11) is -2.46. The molecule has 0 aromatic heterocycles. The van der Waals surface area contributed by atoms with E-state index in [4.69, 9.17) is 13.8 Å². The zero-order chi connectivity index (χ0) is 11.1. The molecule has 1 saturated heterocycles. The van der Waals surface area contributed by atoms with Crippen molar-refractivity contribution in [3.63, 3.8) is 0 Å². The van der Waals surface area contributed by atoms with Gasteiger partial charge in [-0.15, -0.1) is 0 Å². The van der Waals surface area contributed by atoms with Crippen molar-refractivity contribution in [2.24, 2.45) is 0 Å². The minimum Gasteiger partial charge on any atom is -0.355 e. The molecule has 1 aliphatic heterocycles. The summed E-state index contributed by atoms with van der Waals surface area (Å²) in [4.78, 5) is 9.32. The van der Waals surface area contributed by atoms with Gasteiger partial charge in [0.15, 0.2) is 6.29 Å². The van der Waals surface area contributed by atoms with Crippen LogP contribution in [-0.2, 0) is 18.3 Å². The average molecular weight is 238 g/mol. The molecule has 2 unspecified atom stereocenters. The van der Waals surface area contributed by atoms with Crippen LogP contribution in [0.15, 0.2) is 0 Å². The summed E-state index contributed by atoms with van der Waals surface area (Å²) in [6.07, 6.45) is 4.97. The highest BCUT2D eigenvalue weighted by Crippen LogP contribution is 2.45. The van der Waals surface area contributed by atoms with Crippen molar-refractivity contribution in [2.45, 2.75) is 44.8 Å². The fraction of sp³-hybridized carbons (Fsp3) is 1.00. The van der Waals surface area contributed by atoms with Gasteiger partial charge in [0.25, 0.3) is 0 Å². The van der Waals surface area contributed by atoms with Crippen LogP contribution in [0.25, 0.3) is 0 Å². The van der Waals surface area contributed by atoms with E-state index in [2.05, 4.69) is 0 Å². The standard InChI is InChI=1S/C9H19O5P/c1-12-9-7-5-3-2-4-6-8-13-15(10,11)14-9/h9H,2-8H2,1H3,(H,10,11). The van der Waals surface area contributed by atoms with Gasteiger partial charge in [0.2, 0.25) is 0 Å². The predicted molar refractivity (Wildman–Crippen MR) is 55.4 cm³/mol. The van der Waals surface area contributed by atoms with Crippen molar-refractivity contribution >= 4 is 7.82 Å². The fourth-order valence-electron chi connectivity index (χ4n) is 1.52. The van der Waals surface area contributed by atoms with E-state index in [-0.39, 0.29) is 6.61 Å². The van der Waals surface area contributed by atoms with Gasteiger partial charge in [-0.1, -0.05) is 19.3 Å². The predicted octanol–water partition coefficient (Wildman–Crippen LogP) is 2.45. The molecular formula is C9H19O5P. The first-order valence-corrected chi connectivity index (χ1v) is 6.82. The van der Waals surface area contributed by atoms with Crippen LogP contribution in [0.4, 0.5) is 0 Å². The van der Waals surface area contributed by atoms with E-state index in [1.54, 1.807) is 0 Å². The molecule has 1 N–H and O–H groups in total. The third-order valence-corrected chi connectivity index (χ3v) is 3.36. The Morgan fingerprint density at radius 3 is 2.67 bits per heavy atom. The first kappa shape index (κ1) is 13.1. The molecule has 0 amide bonds.